The van der Waals surface area contributed by atoms with Crippen molar-refractivity contribution in [2.45, 2.75) is 60.1 Å². The molecule has 0 atom stereocenters. The maximum atomic E-state index is 12.3. The van der Waals surface area contributed by atoms with Gasteiger partial charge in [0.15, 0.2) is 0 Å². The minimum absolute atomic E-state index is 0.0659. The lowest BCUT2D eigenvalue weighted by atomic mass is 10.2. The molecule has 0 unspecified atom stereocenters. The van der Waals surface area contributed by atoms with Crippen LogP contribution < -0.4 is 10.9 Å². The Bertz CT molecular complexity index is 474. The summed E-state index contributed by atoms with van der Waals surface area (Å²) in [7, 11) is 1.29. The molecular formula is C17H34N4O5. The second-order valence-corrected chi connectivity index (χ2v) is 7.72. The lowest BCUT2D eigenvalue weighted by Crippen LogP contribution is -2.55. The molecule has 0 aromatic carbocycles. The Hall–Kier alpha value is -1.87. The van der Waals surface area contributed by atoms with E-state index < -0.39 is 17.7 Å². The largest absolute Gasteiger partial charge is 0.468 e. The van der Waals surface area contributed by atoms with Crippen LogP contribution in [0.15, 0.2) is 0 Å². The monoisotopic (exact) mass is 374 g/mol. The first-order valence-electron chi connectivity index (χ1n) is 8.71. The predicted octanol–water partition coefficient (Wildman–Crippen LogP) is 1.30. The Morgan fingerprint density at radius 2 is 1.58 bits per heavy atom. The molecule has 0 aliphatic rings. The van der Waals surface area contributed by atoms with Crippen molar-refractivity contribution in [3.05, 3.63) is 0 Å². The maximum Gasteiger partial charge on any atom is 0.422 e. The van der Waals surface area contributed by atoms with Gasteiger partial charge in [0.1, 0.15) is 12.1 Å². The molecule has 2 N–H and O–H groups in total. The van der Waals surface area contributed by atoms with Gasteiger partial charge in [-0.2, -0.15) is 0 Å². The van der Waals surface area contributed by atoms with Gasteiger partial charge in [0.2, 0.25) is 5.91 Å². The van der Waals surface area contributed by atoms with Crippen LogP contribution >= 0.6 is 0 Å². The Morgan fingerprint density at radius 3 is 2.00 bits per heavy atom. The van der Waals surface area contributed by atoms with Crippen molar-refractivity contribution in [3.8, 4) is 0 Å². The van der Waals surface area contributed by atoms with Gasteiger partial charge in [0, 0.05) is 12.6 Å². The molecule has 9 nitrogen and oxygen atoms in total. The van der Waals surface area contributed by atoms with Crippen LogP contribution in [-0.4, -0.2) is 66.4 Å². The highest BCUT2D eigenvalue weighted by Crippen LogP contribution is 2.07. The molecular weight excluding hydrogens is 340 g/mol. The third kappa shape index (κ3) is 11.6. The minimum Gasteiger partial charge on any atom is -0.468 e. The minimum atomic E-state index is -0.634. The standard InChI is InChI=1S/C17H34N4O5/c1-12(2)9-20(19-16(24)26-17(5,6)7)10-14(22)18-21(13(3)4)11-15(23)25-8/h12-13H,9-11H2,1-8H3,(H,18,22)(H,19,24). The van der Waals surface area contributed by atoms with Crippen molar-refractivity contribution < 1.29 is 23.9 Å². The van der Waals surface area contributed by atoms with Crippen LogP contribution in [0.2, 0.25) is 0 Å². The van der Waals surface area contributed by atoms with E-state index in [9.17, 15) is 14.4 Å². The molecule has 0 fully saturated rings. The first-order valence-corrected chi connectivity index (χ1v) is 8.71. The number of nitrogens with one attached hydrogen (secondary N) is 2. The summed E-state index contributed by atoms with van der Waals surface area (Å²) in [6.45, 7) is 13.2. The second kappa shape index (κ2) is 11.0. The number of esters is 1. The van der Waals surface area contributed by atoms with E-state index in [0.717, 1.165) is 0 Å². The van der Waals surface area contributed by atoms with Crippen LogP contribution in [0, 0.1) is 5.92 Å². The number of ether oxygens (including phenoxy) is 2. The predicted molar refractivity (Wildman–Crippen MR) is 97.8 cm³/mol. The summed E-state index contributed by atoms with van der Waals surface area (Å²) in [6, 6.07) is -0.101. The number of methoxy groups -OCH3 is 1. The first-order chi connectivity index (χ1) is 11.8. The van der Waals surface area contributed by atoms with Crippen molar-refractivity contribution >= 4 is 18.0 Å². The summed E-state index contributed by atoms with van der Waals surface area (Å²) in [5.41, 5.74) is 4.62. The molecule has 0 spiro atoms. The Balaban J connectivity index is 4.84. The Kier molecular flexibility index (Phi) is 10.2. The van der Waals surface area contributed by atoms with Gasteiger partial charge in [-0.25, -0.2) is 14.8 Å². The van der Waals surface area contributed by atoms with Crippen molar-refractivity contribution in [2.24, 2.45) is 5.92 Å². The van der Waals surface area contributed by atoms with E-state index in [1.54, 1.807) is 20.8 Å². The van der Waals surface area contributed by atoms with Gasteiger partial charge in [-0.3, -0.25) is 20.4 Å². The summed E-state index contributed by atoms with van der Waals surface area (Å²) < 4.78 is 9.85. The first kappa shape index (κ1) is 24.1. The zero-order valence-electron chi connectivity index (χ0n) is 17.2. The molecule has 0 saturated heterocycles. The van der Waals surface area contributed by atoms with E-state index in [1.165, 1.54) is 17.1 Å². The maximum absolute atomic E-state index is 12.3. The summed E-state index contributed by atoms with van der Waals surface area (Å²) in [4.78, 5) is 35.8. The van der Waals surface area contributed by atoms with Gasteiger partial charge < -0.3 is 9.47 Å². The number of hydrogen-bond acceptors (Lipinski definition) is 7. The normalized spacial score (nSPS) is 11.8. The number of carbonyl (C=O) groups is 3. The van der Waals surface area contributed by atoms with Crippen molar-refractivity contribution in [1.29, 1.82) is 0 Å². The average molecular weight is 374 g/mol. The molecule has 0 radical (unpaired) electrons. The topological polar surface area (TPSA) is 100 Å². The molecule has 0 heterocycles. The molecule has 0 rings (SSSR count). The van der Waals surface area contributed by atoms with E-state index in [2.05, 4.69) is 15.6 Å². The SMILES string of the molecule is COC(=O)CN(NC(=O)CN(CC(C)C)NC(=O)OC(C)(C)C)C(C)C. The fourth-order valence-corrected chi connectivity index (χ4v) is 1.94. The van der Waals surface area contributed by atoms with Crippen LogP contribution in [0.4, 0.5) is 4.79 Å². The van der Waals surface area contributed by atoms with Gasteiger partial charge in [-0.1, -0.05) is 13.8 Å². The number of rotatable bonds is 9. The number of hydrogen-bond donors (Lipinski definition) is 2. The molecule has 0 saturated carbocycles. The quantitative estimate of drug-likeness (QED) is 0.463. The highest BCUT2D eigenvalue weighted by molar-refractivity contribution is 5.79. The van der Waals surface area contributed by atoms with Crippen LogP contribution in [0.3, 0.4) is 0 Å². The molecule has 0 aliphatic heterocycles. The number of hydrazine groups is 2. The number of carbonyl (C=O) groups excluding carboxylic acids is 3. The van der Waals surface area contributed by atoms with Gasteiger partial charge in [0.25, 0.3) is 0 Å². The van der Waals surface area contributed by atoms with Crippen molar-refractivity contribution in [1.82, 2.24) is 20.9 Å². The molecule has 9 heteroatoms. The Labute approximate surface area is 156 Å². The van der Waals surface area contributed by atoms with Gasteiger partial charge in [0.05, 0.1) is 13.7 Å². The zero-order valence-corrected chi connectivity index (χ0v) is 17.2. The number of nitrogens with zero attached hydrogens (tertiary/aromatic N) is 2. The highest BCUT2D eigenvalue weighted by Gasteiger charge is 2.22. The Morgan fingerprint density at radius 1 is 1.00 bits per heavy atom. The van der Waals surface area contributed by atoms with E-state index in [0.29, 0.717) is 6.54 Å². The van der Waals surface area contributed by atoms with Crippen LogP contribution in [0.1, 0.15) is 48.5 Å². The molecule has 2 amide bonds. The van der Waals surface area contributed by atoms with Crippen molar-refractivity contribution in [3.63, 3.8) is 0 Å². The van der Waals surface area contributed by atoms with E-state index in [1.807, 2.05) is 27.7 Å². The third-order valence-electron chi connectivity index (χ3n) is 2.99. The van der Waals surface area contributed by atoms with E-state index in [-0.39, 0.29) is 31.0 Å². The third-order valence-corrected chi connectivity index (χ3v) is 2.99. The molecule has 152 valence electrons. The molecule has 0 aromatic heterocycles. The summed E-state index contributed by atoms with van der Waals surface area (Å²) in [6.07, 6.45) is -0.624. The fourth-order valence-electron chi connectivity index (χ4n) is 1.94. The summed E-state index contributed by atoms with van der Waals surface area (Å²) in [5.74, 6) is -0.599. The van der Waals surface area contributed by atoms with E-state index >= 15 is 0 Å². The van der Waals surface area contributed by atoms with Crippen LogP contribution in [0.5, 0.6) is 0 Å². The van der Waals surface area contributed by atoms with Gasteiger partial charge >= 0.3 is 12.1 Å². The molecule has 0 bridgehead atoms. The van der Waals surface area contributed by atoms with Crippen LogP contribution in [-0.2, 0) is 19.1 Å². The lowest BCUT2D eigenvalue weighted by Gasteiger charge is -2.29. The zero-order chi connectivity index (χ0) is 20.5. The summed E-state index contributed by atoms with van der Waals surface area (Å²) >= 11 is 0. The number of amides is 2. The van der Waals surface area contributed by atoms with Crippen LogP contribution in [0.25, 0.3) is 0 Å². The fraction of sp³-hybridized carbons (Fsp3) is 0.824. The highest BCUT2D eigenvalue weighted by atomic mass is 16.6. The van der Waals surface area contributed by atoms with E-state index in [4.69, 9.17) is 4.74 Å². The average Bonchev–Trinajstić information content (AvgIpc) is 2.42. The van der Waals surface area contributed by atoms with Gasteiger partial charge in [-0.05, 0) is 40.5 Å². The van der Waals surface area contributed by atoms with Crippen molar-refractivity contribution in [2.75, 3.05) is 26.7 Å². The molecule has 0 aliphatic carbocycles. The molecule has 26 heavy (non-hydrogen) atoms. The smallest absolute Gasteiger partial charge is 0.422 e. The van der Waals surface area contributed by atoms with Gasteiger partial charge in [-0.15, -0.1) is 0 Å². The lowest BCUT2D eigenvalue weighted by molar-refractivity contribution is -0.144. The second-order valence-electron chi connectivity index (χ2n) is 7.72. The summed E-state index contributed by atoms with van der Waals surface area (Å²) in [5, 5.41) is 2.97. The molecule has 0 aromatic rings.